The molecule has 31 heavy (non-hydrogen) atoms. The zero-order valence-electron chi connectivity index (χ0n) is 17.0. The standard InChI is InChI=1S/C20H21N5O5S/c1-3-24-18(12-30-15-10-8-14(29-2)9-11-15)22-23-20(24)31-13-19(26)21-16-6-4-5-7-17(16)25(27)28/h4-11H,3,12-13H2,1-2H3,(H,21,26). The van der Waals surface area contributed by atoms with Crippen LogP contribution in [0.5, 0.6) is 11.5 Å². The number of methoxy groups -OCH3 is 1. The third-order valence-corrected chi connectivity index (χ3v) is 5.21. The minimum absolute atomic E-state index is 0.0313. The van der Waals surface area contributed by atoms with Crippen molar-refractivity contribution in [1.29, 1.82) is 0 Å². The maximum absolute atomic E-state index is 12.3. The molecule has 0 unspecified atom stereocenters. The quantitative estimate of drug-likeness (QED) is 0.287. The topological polar surface area (TPSA) is 121 Å². The van der Waals surface area contributed by atoms with Crippen LogP contribution in [0.2, 0.25) is 0 Å². The molecule has 0 fully saturated rings. The molecule has 0 spiro atoms. The van der Waals surface area contributed by atoms with Gasteiger partial charge in [0.15, 0.2) is 11.0 Å². The lowest BCUT2D eigenvalue weighted by Gasteiger charge is -2.09. The Morgan fingerprint density at radius 3 is 2.55 bits per heavy atom. The van der Waals surface area contributed by atoms with Crippen molar-refractivity contribution in [3.8, 4) is 11.5 Å². The molecule has 0 saturated carbocycles. The van der Waals surface area contributed by atoms with Crippen LogP contribution < -0.4 is 14.8 Å². The predicted octanol–water partition coefficient (Wildman–Crippen LogP) is 3.52. The molecular weight excluding hydrogens is 422 g/mol. The van der Waals surface area contributed by atoms with Gasteiger partial charge in [0.25, 0.3) is 5.69 Å². The van der Waals surface area contributed by atoms with Crippen LogP contribution in [0.15, 0.2) is 53.7 Å². The van der Waals surface area contributed by atoms with Gasteiger partial charge in [-0.1, -0.05) is 23.9 Å². The number of para-hydroxylation sites is 2. The number of anilines is 1. The minimum atomic E-state index is -0.536. The number of nitrogens with zero attached hydrogens (tertiary/aromatic N) is 4. The van der Waals surface area contributed by atoms with Gasteiger partial charge in [-0.05, 0) is 37.3 Å². The summed E-state index contributed by atoms with van der Waals surface area (Å²) >= 11 is 1.20. The number of rotatable bonds is 10. The zero-order chi connectivity index (χ0) is 22.2. The fourth-order valence-electron chi connectivity index (χ4n) is 2.72. The number of thioether (sulfide) groups is 1. The third kappa shape index (κ3) is 5.72. The van der Waals surface area contributed by atoms with Gasteiger partial charge >= 0.3 is 0 Å². The molecule has 162 valence electrons. The Balaban J connectivity index is 1.59. The van der Waals surface area contributed by atoms with Gasteiger partial charge in [0.05, 0.1) is 17.8 Å². The van der Waals surface area contributed by atoms with Crippen LogP contribution in [0.1, 0.15) is 12.7 Å². The van der Waals surface area contributed by atoms with Gasteiger partial charge in [-0.2, -0.15) is 0 Å². The number of hydrogen-bond donors (Lipinski definition) is 1. The Kier molecular flexibility index (Phi) is 7.44. The molecule has 3 aromatic rings. The highest BCUT2D eigenvalue weighted by Crippen LogP contribution is 2.24. The monoisotopic (exact) mass is 443 g/mol. The summed E-state index contributed by atoms with van der Waals surface area (Å²) in [5.74, 6) is 1.69. The molecule has 11 heteroatoms. The van der Waals surface area contributed by atoms with Gasteiger partial charge in [-0.3, -0.25) is 14.9 Å². The van der Waals surface area contributed by atoms with E-state index in [4.69, 9.17) is 9.47 Å². The van der Waals surface area contributed by atoms with Crippen molar-refractivity contribution in [1.82, 2.24) is 14.8 Å². The second kappa shape index (κ2) is 10.4. The molecule has 0 atom stereocenters. The Morgan fingerprint density at radius 1 is 1.16 bits per heavy atom. The second-order valence-corrected chi connectivity index (χ2v) is 7.16. The van der Waals surface area contributed by atoms with Crippen molar-refractivity contribution >= 4 is 29.0 Å². The average molecular weight is 443 g/mol. The molecular formula is C20H21N5O5S. The molecule has 0 radical (unpaired) electrons. The summed E-state index contributed by atoms with van der Waals surface area (Å²) in [4.78, 5) is 22.8. The molecule has 3 rings (SSSR count). The number of carbonyl (C=O) groups excluding carboxylic acids is 1. The van der Waals surface area contributed by atoms with E-state index in [0.717, 1.165) is 5.75 Å². The maximum atomic E-state index is 12.3. The Morgan fingerprint density at radius 2 is 1.87 bits per heavy atom. The summed E-state index contributed by atoms with van der Waals surface area (Å²) < 4.78 is 12.7. The number of benzene rings is 2. The number of hydrogen-bond acceptors (Lipinski definition) is 8. The van der Waals surface area contributed by atoms with Gasteiger partial charge in [-0.25, -0.2) is 0 Å². The normalized spacial score (nSPS) is 10.5. The van der Waals surface area contributed by atoms with E-state index in [1.54, 1.807) is 43.5 Å². The van der Waals surface area contributed by atoms with Crippen LogP contribution in [-0.2, 0) is 17.9 Å². The minimum Gasteiger partial charge on any atom is -0.497 e. The molecule has 1 amide bonds. The highest BCUT2D eigenvalue weighted by molar-refractivity contribution is 7.99. The highest BCUT2D eigenvalue weighted by atomic mass is 32.2. The van der Waals surface area contributed by atoms with Crippen molar-refractivity contribution in [3.63, 3.8) is 0 Å². The summed E-state index contributed by atoms with van der Waals surface area (Å²) in [6.45, 7) is 2.76. The van der Waals surface area contributed by atoms with E-state index in [1.165, 1.54) is 23.9 Å². The molecule has 2 aromatic carbocycles. The number of aromatic nitrogens is 3. The van der Waals surface area contributed by atoms with Gasteiger partial charge in [0.1, 0.15) is 23.8 Å². The van der Waals surface area contributed by atoms with Crippen LogP contribution in [-0.4, -0.2) is 38.5 Å². The molecule has 0 aliphatic heterocycles. The Labute approximate surface area is 182 Å². The number of nitro benzene ring substituents is 1. The van der Waals surface area contributed by atoms with E-state index in [-0.39, 0.29) is 29.6 Å². The largest absolute Gasteiger partial charge is 0.497 e. The van der Waals surface area contributed by atoms with E-state index < -0.39 is 4.92 Å². The fraction of sp³-hybridized carbons (Fsp3) is 0.250. The molecule has 0 aliphatic carbocycles. The summed E-state index contributed by atoms with van der Waals surface area (Å²) in [7, 11) is 1.60. The van der Waals surface area contributed by atoms with Gasteiger partial charge in [-0.15, -0.1) is 10.2 Å². The first-order valence-electron chi connectivity index (χ1n) is 9.36. The van der Waals surface area contributed by atoms with E-state index >= 15 is 0 Å². The fourth-order valence-corrected chi connectivity index (χ4v) is 3.55. The number of nitro groups is 1. The Bertz CT molecular complexity index is 1050. The summed E-state index contributed by atoms with van der Waals surface area (Å²) in [5.41, 5.74) is -0.000758. The van der Waals surface area contributed by atoms with Crippen LogP contribution in [0, 0.1) is 10.1 Å². The second-order valence-electron chi connectivity index (χ2n) is 6.22. The predicted molar refractivity (Wildman–Crippen MR) is 115 cm³/mol. The average Bonchev–Trinajstić information content (AvgIpc) is 3.18. The van der Waals surface area contributed by atoms with E-state index in [1.807, 2.05) is 11.5 Å². The summed E-state index contributed by atoms with van der Waals surface area (Å²) in [6, 6.07) is 13.2. The Hall–Kier alpha value is -3.60. The van der Waals surface area contributed by atoms with Crippen LogP contribution >= 0.6 is 11.8 Å². The van der Waals surface area contributed by atoms with Crippen molar-refractivity contribution < 1.29 is 19.2 Å². The first-order valence-corrected chi connectivity index (χ1v) is 10.4. The number of carbonyl (C=O) groups is 1. The lowest BCUT2D eigenvalue weighted by molar-refractivity contribution is -0.383. The van der Waals surface area contributed by atoms with Gasteiger partial charge < -0.3 is 19.4 Å². The smallest absolute Gasteiger partial charge is 0.292 e. The van der Waals surface area contributed by atoms with Crippen LogP contribution in [0.3, 0.4) is 0 Å². The lowest BCUT2D eigenvalue weighted by atomic mass is 10.2. The van der Waals surface area contributed by atoms with Crippen molar-refractivity contribution in [2.45, 2.75) is 25.2 Å². The first kappa shape index (κ1) is 22.1. The highest BCUT2D eigenvalue weighted by Gasteiger charge is 2.17. The molecule has 1 heterocycles. The SMILES string of the molecule is CCn1c(COc2ccc(OC)cc2)nnc1SCC(=O)Nc1ccccc1[N+](=O)[O-]. The number of nitrogens with one attached hydrogen (secondary N) is 1. The van der Waals surface area contributed by atoms with Crippen molar-refractivity contribution in [2.24, 2.45) is 0 Å². The zero-order valence-corrected chi connectivity index (χ0v) is 17.8. The van der Waals surface area contributed by atoms with Gasteiger partial charge in [0.2, 0.25) is 5.91 Å². The third-order valence-electron chi connectivity index (χ3n) is 4.24. The number of ether oxygens (including phenoxy) is 2. The first-order chi connectivity index (χ1) is 15.0. The molecule has 1 N–H and O–H groups in total. The lowest BCUT2D eigenvalue weighted by Crippen LogP contribution is -2.15. The molecule has 1 aromatic heterocycles. The van der Waals surface area contributed by atoms with E-state index in [2.05, 4.69) is 15.5 Å². The van der Waals surface area contributed by atoms with Crippen LogP contribution in [0.25, 0.3) is 0 Å². The molecule has 10 nitrogen and oxygen atoms in total. The van der Waals surface area contributed by atoms with Crippen molar-refractivity contribution in [2.75, 3.05) is 18.2 Å². The van der Waals surface area contributed by atoms with E-state index in [0.29, 0.717) is 23.3 Å². The van der Waals surface area contributed by atoms with Crippen molar-refractivity contribution in [3.05, 3.63) is 64.5 Å². The molecule has 0 bridgehead atoms. The number of amides is 1. The molecule has 0 aliphatic rings. The maximum Gasteiger partial charge on any atom is 0.292 e. The molecule has 0 saturated heterocycles. The summed E-state index contributed by atoms with van der Waals surface area (Å²) in [5, 5.41) is 22.5. The van der Waals surface area contributed by atoms with E-state index in [9.17, 15) is 14.9 Å². The van der Waals surface area contributed by atoms with Gasteiger partial charge in [0, 0.05) is 12.6 Å². The summed E-state index contributed by atoms with van der Waals surface area (Å²) in [6.07, 6.45) is 0. The van der Waals surface area contributed by atoms with Crippen LogP contribution in [0.4, 0.5) is 11.4 Å².